The summed E-state index contributed by atoms with van der Waals surface area (Å²) in [6.45, 7) is 3.08. The SMILES string of the molecule is COC(=O)[C@@H](OC(C)=O)[C@H](C)c1c[nH]c2ccc(OC)cc12. The summed E-state index contributed by atoms with van der Waals surface area (Å²) < 4.78 is 15.1. The first-order chi connectivity index (χ1) is 10.5. The zero-order valence-corrected chi connectivity index (χ0v) is 13.0. The van der Waals surface area contributed by atoms with Crippen molar-refractivity contribution in [2.75, 3.05) is 14.2 Å². The van der Waals surface area contributed by atoms with E-state index in [1.54, 1.807) is 13.3 Å². The van der Waals surface area contributed by atoms with Crippen molar-refractivity contribution in [2.24, 2.45) is 0 Å². The average molecular weight is 305 g/mol. The molecule has 22 heavy (non-hydrogen) atoms. The molecule has 2 aromatic rings. The Hall–Kier alpha value is -2.50. The highest BCUT2D eigenvalue weighted by atomic mass is 16.6. The zero-order valence-electron chi connectivity index (χ0n) is 13.0. The first-order valence-corrected chi connectivity index (χ1v) is 6.88. The van der Waals surface area contributed by atoms with Crippen LogP contribution in [0.3, 0.4) is 0 Å². The summed E-state index contributed by atoms with van der Waals surface area (Å²) in [6.07, 6.45) is 0.807. The van der Waals surface area contributed by atoms with Gasteiger partial charge in [-0.05, 0) is 23.8 Å². The molecular weight excluding hydrogens is 286 g/mol. The fourth-order valence-electron chi connectivity index (χ4n) is 2.44. The first-order valence-electron chi connectivity index (χ1n) is 6.88. The number of rotatable bonds is 5. The van der Waals surface area contributed by atoms with Crippen LogP contribution >= 0.6 is 0 Å². The molecule has 6 nitrogen and oxygen atoms in total. The molecule has 0 radical (unpaired) electrons. The third-order valence-corrected chi connectivity index (χ3v) is 3.59. The number of benzene rings is 1. The molecule has 0 spiro atoms. The minimum atomic E-state index is -0.993. The van der Waals surface area contributed by atoms with Gasteiger partial charge in [0.25, 0.3) is 0 Å². The Balaban J connectivity index is 2.43. The highest BCUT2D eigenvalue weighted by molar-refractivity contribution is 5.87. The van der Waals surface area contributed by atoms with Crippen LogP contribution < -0.4 is 4.74 Å². The molecule has 2 rings (SSSR count). The van der Waals surface area contributed by atoms with Gasteiger partial charge < -0.3 is 19.2 Å². The average Bonchev–Trinajstić information content (AvgIpc) is 2.93. The van der Waals surface area contributed by atoms with Crippen LogP contribution in [0.25, 0.3) is 10.9 Å². The van der Waals surface area contributed by atoms with E-state index in [0.717, 1.165) is 16.5 Å². The Morgan fingerprint density at radius 1 is 1.23 bits per heavy atom. The van der Waals surface area contributed by atoms with Gasteiger partial charge in [0, 0.05) is 29.9 Å². The third kappa shape index (κ3) is 3.05. The van der Waals surface area contributed by atoms with Crippen molar-refractivity contribution in [2.45, 2.75) is 25.9 Å². The number of hydrogen-bond acceptors (Lipinski definition) is 5. The van der Waals surface area contributed by atoms with E-state index in [4.69, 9.17) is 14.2 Å². The smallest absolute Gasteiger partial charge is 0.347 e. The third-order valence-electron chi connectivity index (χ3n) is 3.59. The number of nitrogens with one attached hydrogen (secondary N) is 1. The van der Waals surface area contributed by atoms with E-state index in [1.807, 2.05) is 25.1 Å². The van der Waals surface area contributed by atoms with Crippen LogP contribution in [-0.4, -0.2) is 37.2 Å². The van der Waals surface area contributed by atoms with Crippen molar-refractivity contribution < 1.29 is 23.8 Å². The molecule has 2 atom stereocenters. The minimum Gasteiger partial charge on any atom is -0.497 e. The number of fused-ring (bicyclic) bond motifs is 1. The van der Waals surface area contributed by atoms with Gasteiger partial charge in [0.2, 0.25) is 6.10 Å². The number of esters is 2. The van der Waals surface area contributed by atoms with Crippen molar-refractivity contribution in [1.29, 1.82) is 0 Å². The molecule has 0 unspecified atom stereocenters. The molecule has 1 aromatic carbocycles. The molecule has 1 aromatic heterocycles. The summed E-state index contributed by atoms with van der Waals surface area (Å²) in [5.74, 6) is -0.764. The van der Waals surface area contributed by atoms with Crippen molar-refractivity contribution in [1.82, 2.24) is 4.98 Å². The van der Waals surface area contributed by atoms with Gasteiger partial charge in [-0.25, -0.2) is 4.79 Å². The Kier molecular flexibility index (Phi) is 4.70. The van der Waals surface area contributed by atoms with Gasteiger partial charge in [0.1, 0.15) is 5.75 Å². The van der Waals surface area contributed by atoms with Gasteiger partial charge in [-0.3, -0.25) is 4.79 Å². The van der Waals surface area contributed by atoms with Gasteiger partial charge >= 0.3 is 11.9 Å². The van der Waals surface area contributed by atoms with E-state index in [9.17, 15) is 9.59 Å². The van der Waals surface area contributed by atoms with Crippen LogP contribution in [-0.2, 0) is 19.1 Å². The standard InChI is InChI=1S/C16H19NO5/c1-9(15(16(19)21-4)22-10(2)18)13-8-17-14-6-5-11(20-3)7-12(13)14/h5-9,15,17H,1-4H3/t9-,15+/m1/s1. The maximum atomic E-state index is 11.9. The number of methoxy groups -OCH3 is 2. The summed E-state index contributed by atoms with van der Waals surface area (Å²) in [5, 5.41) is 0.910. The normalized spacial score (nSPS) is 13.5. The van der Waals surface area contributed by atoms with Gasteiger partial charge in [-0.2, -0.15) is 0 Å². The molecule has 0 aliphatic carbocycles. The maximum Gasteiger partial charge on any atom is 0.347 e. The molecule has 0 fully saturated rings. The van der Waals surface area contributed by atoms with Gasteiger partial charge in [-0.15, -0.1) is 0 Å². The number of carbonyl (C=O) groups excluding carboxylic acids is 2. The molecule has 6 heteroatoms. The monoisotopic (exact) mass is 305 g/mol. The fourth-order valence-corrected chi connectivity index (χ4v) is 2.44. The Bertz CT molecular complexity index is 691. The maximum absolute atomic E-state index is 11.9. The second-order valence-corrected chi connectivity index (χ2v) is 5.00. The predicted molar refractivity (Wildman–Crippen MR) is 80.8 cm³/mol. The van der Waals surface area contributed by atoms with E-state index in [1.165, 1.54) is 14.0 Å². The Labute approximate surface area is 128 Å². The lowest BCUT2D eigenvalue weighted by Gasteiger charge is -2.21. The summed E-state index contributed by atoms with van der Waals surface area (Å²) in [4.78, 5) is 26.3. The van der Waals surface area contributed by atoms with Crippen LogP contribution in [0.15, 0.2) is 24.4 Å². The number of ether oxygens (including phenoxy) is 3. The molecule has 0 amide bonds. The quantitative estimate of drug-likeness (QED) is 0.858. The predicted octanol–water partition coefficient (Wildman–Crippen LogP) is 2.38. The van der Waals surface area contributed by atoms with Gasteiger partial charge in [0.05, 0.1) is 14.2 Å². The molecule has 0 saturated heterocycles. The van der Waals surface area contributed by atoms with E-state index >= 15 is 0 Å². The summed E-state index contributed by atoms with van der Waals surface area (Å²) in [5.41, 5.74) is 1.76. The Morgan fingerprint density at radius 2 is 1.95 bits per heavy atom. The van der Waals surface area contributed by atoms with Crippen molar-refractivity contribution in [3.8, 4) is 5.75 Å². The lowest BCUT2D eigenvalue weighted by molar-refractivity contribution is -0.166. The number of carbonyl (C=O) groups is 2. The highest BCUT2D eigenvalue weighted by Gasteiger charge is 2.31. The molecule has 1 heterocycles. The summed E-state index contributed by atoms with van der Waals surface area (Å²) >= 11 is 0. The van der Waals surface area contributed by atoms with E-state index in [2.05, 4.69) is 4.98 Å². The molecule has 0 aliphatic rings. The van der Waals surface area contributed by atoms with Crippen LogP contribution in [0.1, 0.15) is 25.3 Å². The molecule has 118 valence electrons. The van der Waals surface area contributed by atoms with Crippen molar-refractivity contribution >= 4 is 22.8 Å². The van der Waals surface area contributed by atoms with Crippen LogP contribution in [0, 0.1) is 0 Å². The number of hydrogen-bond donors (Lipinski definition) is 1. The van der Waals surface area contributed by atoms with E-state index < -0.39 is 18.0 Å². The summed E-state index contributed by atoms with van der Waals surface area (Å²) in [6, 6.07) is 5.61. The lowest BCUT2D eigenvalue weighted by atomic mass is 9.94. The van der Waals surface area contributed by atoms with Crippen molar-refractivity contribution in [3.05, 3.63) is 30.0 Å². The van der Waals surface area contributed by atoms with E-state index in [0.29, 0.717) is 5.75 Å². The Morgan fingerprint density at radius 3 is 2.55 bits per heavy atom. The van der Waals surface area contributed by atoms with Crippen molar-refractivity contribution in [3.63, 3.8) is 0 Å². The fraction of sp³-hybridized carbons (Fsp3) is 0.375. The molecular formula is C16H19NO5. The highest BCUT2D eigenvalue weighted by Crippen LogP contribution is 2.31. The number of aromatic amines is 1. The van der Waals surface area contributed by atoms with Gasteiger partial charge in [-0.1, -0.05) is 6.92 Å². The molecule has 1 N–H and O–H groups in total. The zero-order chi connectivity index (χ0) is 16.3. The topological polar surface area (TPSA) is 77.6 Å². The minimum absolute atomic E-state index is 0.364. The summed E-state index contributed by atoms with van der Waals surface area (Å²) in [7, 11) is 2.86. The number of H-pyrrole nitrogens is 1. The number of aromatic nitrogens is 1. The first kappa shape index (κ1) is 15.9. The molecule has 0 aliphatic heterocycles. The van der Waals surface area contributed by atoms with Crippen LogP contribution in [0.2, 0.25) is 0 Å². The largest absolute Gasteiger partial charge is 0.497 e. The van der Waals surface area contributed by atoms with Crippen LogP contribution in [0.4, 0.5) is 0 Å². The second kappa shape index (κ2) is 6.51. The lowest BCUT2D eigenvalue weighted by Crippen LogP contribution is -2.32. The van der Waals surface area contributed by atoms with E-state index in [-0.39, 0.29) is 5.92 Å². The van der Waals surface area contributed by atoms with Gasteiger partial charge in [0.15, 0.2) is 0 Å². The van der Waals surface area contributed by atoms with Crippen LogP contribution in [0.5, 0.6) is 5.75 Å². The molecule has 0 saturated carbocycles. The second-order valence-electron chi connectivity index (χ2n) is 5.00. The molecule has 0 bridgehead atoms.